The van der Waals surface area contributed by atoms with E-state index in [1.165, 1.54) is 20.1 Å². The summed E-state index contributed by atoms with van der Waals surface area (Å²) >= 11 is 0. The summed E-state index contributed by atoms with van der Waals surface area (Å²) in [6, 6.07) is 0. The number of carbonyl (C=O) groups is 5. The average molecular weight is 739 g/mol. The van der Waals surface area contributed by atoms with Gasteiger partial charge in [-0.2, -0.15) is 0 Å². The maximum Gasteiger partial charge on any atom is 0.313 e. The van der Waals surface area contributed by atoms with Gasteiger partial charge in [0.25, 0.3) is 0 Å². The predicted molar refractivity (Wildman–Crippen MR) is 200 cm³/mol. The van der Waals surface area contributed by atoms with Crippen LogP contribution in [0.5, 0.6) is 0 Å². The molecule has 4 rings (SSSR count). The van der Waals surface area contributed by atoms with Crippen molar-refractivity contribution < 1.29 is 48.4 Å². The number of ketones is 3. The molecule has 10 nitrogen and oxygen atoms in total. The molecule has 1 saturated heterocycles. The van der Waals surface area contributed by atoms with Gasteiger partial charge in [-0.3, -0.25) is 24.0 Å². The number of methoxy groups -OCH3 is 1. The maximum absolute atomic E-state index is 15.1. The van der Waals surface area contributed by atoms with Crippen molar-refractivity contribution in [1.82, 2.24) is 0 Å². The highest BCUT2D eigenvalue weighted by Crippen LogP contribution is 2.56. The van der Waals surface area contributed by atoms with E-state index in [1.54, 1.807) is 20.8 Å². The lowest BCUT2D eigenvalue weighted by atomic mass is 9.52. The van der Waals surface area contributed by atoms with E-state index < -0.39 is 64.6 Å². The van der Waals surface area contributed by atoms with Crippen molar-refractivity contribution in [3.63, 3.8) is 0 Å². The molecule has 1 fully saturated rings. The zero-order chi connectivity index (χ0) is 39.6. The van der Waals surface area contributed by atoms with Crippen LogP contribution in [0.15, 0.2) is 46.1 Å². The Kier molecular flexibility index (Phi) is 13.4. The van der Waals surface area contributed by atoms with Crippen molar-refractivity contribution in [2.24, 2.45) is 29.1 Å². The third-order valence-electron chi connectivity index (χ3n) is 12.6. The number of hydrogen-bond acceptors (Lipinski definition) is 10. The number of hydrogen-bond donors (Lipinski definition) is 2. The fraction of sp³-hybridized carbons (Fsp3) is 0.698. The van der Waals surface area contributed by atoms with Crippen molar-refractivity contribution in [3.05, 3.63) is 46.1 Å². The first kappa shape index (κ1) is 42.5. The van der Waals surface area contributed by atoms with Crippen molar-refractivity contribution in [2.75, 3.05) is 7.11 Å². The van der Waals surface area contributed by atoms with Gasteiger partial charge in [0, 0.05) is 43.9 Å². The first-order valence-electron chi connectivity index (χ1n) is 19.3. The molecule has 0 aromatic carbocycles. The second kappa shape index (κ2) is 16.7. The number of ether oxygens (including phenoxy) is 3. The van der Waals surface area contributed by atoms with E-state index >= 15 is 4.79 Å². The van der Waals surface area contributed by atoms with E-state index in [2.05, 4.69) is 0 Å². The van der Waals surface area contributed by atoms with E-state index in [0.717, 1.165) is 16.7 Å². The first-order chi connectivity index (χ1) is 24.6. The molecule has 0 aromatic heterocycles. The molecule has 294 valence electrons. The minimum atomic E-state index is -1.73. The fourth-order valence-electron chi connectivity index (χ4n) is 9.19. The molecule has 2 heterocycles. The molecule has 4 aliphatic rings. The lowest BCUT2D eigenvalue weighted by Crippen LogP contribution is -2.60. The molecule has 0 radical (unpaired) electrons. The summed E-state index contributed by atoms with van der Waals surface area (Å²) in [5.74, 6) is -4.91. The second-order valence-corrected chi connectivity index (χ2v) is 17.1. The highest BCUT2D eigenvalue weighted by molar-refractivity contribution is 6.01. The van der Waals surface area contributed by atoms with E-state index in [-0.39, 0.29) is 49.0 Å². The van der Waals surface area contributed by atoms with E-state index in [0.29, 0.717) is 49.7 Å². The number of esters is 2. The molecule has 9 atom stereocenters. The SMILES string of the molecule is COC(=O)[C@]12CC(=O)/C=C(/C)CC/C=C(/C)C(=O)C[C@@H](C(C)C)C(=O)[C@H]1CC(C)=C1C[C@H](OC(C)=O)[C@](C)(O)[C@H]3CC[C@@](C)(O)[C@H](CC/C(C)=C\[C@@H]12)O3. The monoisotopic (exact) mass is 738 g/mol. The lowest BCUT2D eigenvalue weighted by molar-refractivity contribution is -0.239. The molecule has 10 heteroatoms. The number of carbonyl (C=O) groups excluding carboxylic acids is 5. The molecular weight excluding hydrogens is 676 g/mol. The summed E-state index contributed by atoms with van der Waals surface area (Å²) in [5, 5.41) is 23.6. The van der Waals surface area contributed by atoms with Crippen LogP contribution < -0.4 is 0 Å². The normalized spacial score (nSPS) is 39.7. The van der Waals surface area contributed by atoms with Gasteiger partial charge in [-0.15, -0.1) is 0 Å². The van der Waals surface area contributed by atoms with Crippen LogP contribution in [0.4, 0.5) is 0 Å². The Morgan fingerprint density at radius 2 is 1.62 bits per heavy atom. The smallest absolute Gasteiger partial charge is 0.313 e. The molecule has 0 spiro atoms. The van der Waals surface area contributed by atoms with Crippen LogP contribution in [0, 0.1) is 29.1 Å². The lowest BCUT2D eigenvalue weighted by Gasteiger charge is -2.51. The van der Waals surface area contributed by atoms with E-state index in [4.69, 9.17) is 14.2 Å². The standard InChI is InChI=1S/C43H62O10/c1-24(2)31-21-35(46)27(5)13-11-12-25(3)18-30(45)23-43(40(48)51-10)33-19-26(4)14-15-36-41(8,49)17-16-37(53-36)42(9,50)38(52-29(7)44)22-32(33)28(6)20-34(43)39(31)47/h13,18-19,24,31,33-34,36-38,49-50H,11-12,14-17,20-23H2,1-10H3/b25-18-,26-19-,27-13-/t31-,33-,34+,36-,37+,38-,41+,42+,43-/m0/s1. The molecule has 2 aliphatic carbocycles. The molecule has 53 heavy (non-hydrogen) atoms. The third-order valence-corrected chi connectivity index (χ3v) is 12.6. The molecule has 0 unspecified atom stereocenters. The Morgan fingerprint density at radius 3 is 2.25 bits per heavy atom. The van der Waals surface area contributed by atoms with Crippen LogP contribution in [0.3, 0.4) is 0 Å². The summed E-state index contributed by atoms with van der Waals surface area (Å²) in [4.78, 5) is 70.4. The fourth-order valence-corrected chi connectivity index (χ4v) is 9.19. The Labute approximate surface area is 315 Å². The highest BCUT2D eigenvalue weighted by atomic mass is 16.6. The van der Waals surface area contributed by atoms with Crippen LogP contribution in [0.2, 0.25) is 0 Å². The quantitative estimate of drug-likeness (QED) is 0.238. The summed E-state index contributed by atoms with van der Waals surface area (Å²) in [7, 11) is 1.26. The van der Waals surface area contributed by atoms with Gasteiger partial charge in [-0.05, 0) is 104 Å². The molecule has 0 amide bonds. The zero-order valence-corrected chi connectivity index (χ0v) is 33.5. The van der Waals surface area contributed by atoms with Gasteiger partial charge in [0.1, 0.15) is 17.5 Å². The summed E-state index contributed by atoms with van der Waals surface area (Å²) in [6.07, 6.45) is 5.14. The molecule has 0 aromatic rings. The summed E-state index contributed by atoms with van der Waals surface area (Å²) in [6.45, 7) is 15.7. The number of Topliss-reactive ketones (excluding diaryl/α,β-unsaturated/α-hetero) is 2. The molecule has 2 bridgehead atoms. The Balaban J connectivity index is 2.06. The van der Waals surface area contributed by atoms with Crippen molar-refractivity contribution in [2.45, 2.75) is 156 Å². The molecule has 0 saturated carbocycles. The number of rotatable bonds is 3. The maximum atomic E-state index is 15.1. The van der Waals surface area contributed by atoms with Crippen molar-refractivity contribution >= 4 is 29.3 Å². The van der Waals surface area contributed by atoms with Gasteiger partial charge in [-0.25, -0.2) is 0 Å². The van der Waals surface area contributed by atoms with Gasteiger partial charge in [0.2, 0.25) is 0 Å². The largest absolute Gasteiger partial charge is 0.469 e. The molecular formula is C43H62O10. The Hall–Kier alpha value is -3.21. The van der Waals surface area contributed by atoms with Crippen LogP contribution in [0.25, 0.3) is 0 Å². The van der Waals surface area contributed by atoms with Gasteiger partial charge in [0.05, 0.1) is 30.3 Å². The minimum Gasteiger partial charge on any atom is -0.469 e. The Bertz CT molecular complexity index is 1590. The van der Waals surface area contributed by atoms with Gasteiger partial charge in [0.15, 0.2) is 11.6 Å². The van der Waals surface area contributed by atoms with E-state index in [9.17, 15) is 29.4 Å². The Morgan fingerprint density at radius 1 is 0.943 bits per heavy atom. The molecule has 2 N–H and O–H groups in total. The summed E-state index contributed by atoms with van der Waals surface area (Å²) in [5.41, 5.74) is -0.967. The van der Waals surface area contributed by atoms with Crippen LogP contribution in [0.1, 0.15) is 127 Å². The highest BCUT2D eigenvalue weighted by Gasteiger charge is 2.60. The van der Waals surface area contributed by atoms with Crippen molar-refractivity contribution in [3.8, 4) is 0 Å². The number of fused-ring (bicyclic) bond motifs is 5. The molecule has 2 aliphatic heterocycles. The number of aliphatic hydroxyl groups is 2. The summed E-state index contributed by atoms with van der Waals surface area (Å²) < 4.78 is 17.9. The van der Waals surface area contributed by atoms with Crippen LogP contribution >= 0.6 is 0 Å². The van der Waals surface area contributed by atoms with Gasteiger partial charge < -0.3 is 24.4 Å². The topological polar surface area (TPSA) is 154 Å². The average Bonchev–Trinajstić information content (AvgIpc) is 3.06. The second-order valence-electron chi connectivity index (χ2n) is 17.1. The minimum absolute atomic E-state index is 0.00736. The van der Waals surface area contributed by atoms with E-state index in [1.807, 2.05) is 46.8 Å². The van der Waals surface area contributed by atoms with Crippen LogP contribution in [-0.4, -0.2) is 76.1 Å². The number of allylic oxidation sites excluding steroid dienone is 7. The third kappa shape index (κ3) is 9.03. The van der Waals surface area contributed by atoms with Crippen LogP contribution in [-0.2, 0) is 38.2 Å². The van der Waals surface area contributed by atoms with Gasteiger partial charge >= 0.3 is 11.9 Å². The predicted octanol–water partition coefficient (Wildman–Crippen LogP) is 6.66. The zero-order valence-electron chi connectivity index (χ0n) is 33.5. The van der Waals surface area contributed by atoms with Crippen molar-refractivity contribution in [1.29, 1.82) is 0 Å². The van der Waals surface area contributed by atoms with Gasteiger partial charge in [-0.1, -0.05) is 48.3 Å². The first-order valence-corrected chi connectivity index (χ1v) is 19.3.